The van der Waals surface area contributed by atoms with Gasteiger partial charge in [-0.3, -0.25) is 4.90 Å². The van der Waals surface area contributed by atoms with Gasteiger partial charge in [0.25, 0.3) is 0 Å². The van der Waals surface area contributed by atoms with E-state index in [9.17, 15) is 8.42 Å². The molecule has 3 rings (SSSR count). The Morgan fingerprint density at radius 1 is 1.26 bits per heavy atom. The maximum absolute atomic E-state index is 11.6. The van der Waals surface area contributed by atoms with Gasteiger partial charge in [0, 0.05) is 44.6 Å². The Labute approximate surface area is 140 Å². The molecule has 0 unspecified atom stereocenters. The normalized spacial score (nSPS) is 23.3. The van der Waals surface area contributed by atoms with Crippen molar-refractivity contribution in [2.45, 2.75) is 45.7 Å². The van der Waals surface area contributed by atoms with Crippen LogP contribution in [0.25, 0.3) is 0 Å². The molecule has 0 bridgehead atoms. The highest BCUT2D eigenvalue weighted by molar-refractivity contribution is 7.89. The van der Waals surface area contributed by atoms with Crippen LogP contribution in [0, 0.1) is 11.8 Å². The van der Waals surface area contributed by atoms with Crippen LogP contribution in [0.4, 0.5) is 0 Å². The van der Waals surface area contributed by atoms with Crippen LogP contribution in [0.5, 0.6) is 0 Å². The van der Waals surface area contributed by atoms with E-state index in [0.29, 0.717) is 12.5 Å². The molecule has 130 valence electrons. The molecular formula is C17H29N3O2S. The van der Waals surface area contributed by atoms with Gasteiger partial charge in [-0.15, -0.1) is 0 Å². The number of sulfonamides is 1. The highest BCUT2D eigenvalue weighted by Gasteiger charge is 2.26. The van der Waals surface area contributed by atoms with Crippen LogP contribution in [0.15, 0.2) is 18.3 Å². The topological polar surface area (TPSA) is 54.3 Å². The molecule has 1 fully saturated rings. The second-order valence-electron chi connectivity index (χ2n) is 7.10. The van der Waals surface area contributed by atoms with Gasteiger partial charge in [-0.25, -0.2) is 13.1 Å². The number of fused-ring (bicyclic) bond motifs is 1. The van der Waals surface area contributed by atoms with Crippen LogP contribution in [-0.4, -0.2) is 43.3 Å². The maximum Gasteiger partial charge on any atom is 0.211 e. The van der Waals surface area contributed by atoms with Gasteiger partial charge in [0.05, 0.1) is 5.75 Å². The minimum atomic E-state index is -3.08. The van der Waals surface area contributed by atoms with E-state index >= 15 is 0 Å². The second-order valence-corrected chi connectivity index (χ2v) is 9.19. The summed E-state index contributed by atoms with van der Waals surface area (Å²) in [6, 6.07) is 4.34. The van der Waals surface area contributed by atoms with E-state index in [1.165, 1.54) is 31.5 Å². The Kier molecular flexibility index (Phi) is 5.44. The molecule has 0 saturated heterocycles. The molecule has 2 heterocycles. The van der Waals surface area contributed by atoms with Gasteiger partial charge in [0.1, 0.15) is 0 Å². The van der Waals surface area contributed by atoms with Crippen molar-refractivity contribution in [1.82, 2.24) is 14.2 Å². The van der Waals surface area contributed by atoms with E-state index in [1.54, 1.807) is 6.92 Å². The van der Waals surface area contributed by atoms with Crippen LogP contribution in [0.1, 0.15) is 38.3 Å². The van der Waals surface area contributed by atoms with E-state index in [1.807, 2.05) is 0 Å². The first-order valence-electron chi connectivity index (χ1n) is 8.89. The summed E-state index contributed by atoms with van der Waals surface area (Å²) in [5.41, 5.74) is 1.39. The zero-order valence-corrected chi connectivity index (χ0v) is 14.9. The predicted octanol–water partition coefficient (Wildman–Crippen LogP) is 2.05. The van der Waals surface area contributed by atoms with E-state index in [4.69, 9.17) is 0 Å². The Hall–Kier alpha value is -0.850. The minimum absolute atomic E-state index is 0.160. The van der Waals surface area contributed by atoms with Gasteiger partial charge in [-0.1, -0.05) is 6.42 Å². The number of hydrogen-bond acceptors (Lipinski definition) is 3. The number of hydrogen-bond donors (Lipinski definition) is 1. The van der Waals surface area contributed by atoms with Crippen molar-refractivity contribution in [3.8, 4) is 0 Å². The quantitative estimate of drug-likeness (QED) is 0.827. The van der Waals surface area contributed by atoms with Crippen LogP contribution in [0.2, 0.25) is 0 Å². The molecule has 0 spiro atoms. The summed E-state index contributed by atoms with van der Waals surface area (Å²) in [5.74, 6) is 1.53. The molecule has 1 aromatic heterocycles. The lowest BCUT2D eigenvalue weighted by atomic mass is 9.85. The maximum atomic E-state index is 11.6. The molecule has 1 atom stereocenters. The Bertz CT molecular complexity index is 607. The average molecular weight is 340 g/mol. The van der Waals surface area contributed by atoms with E-state index in [2.05, 4.69) is 32.5 Å². The molecular weight excluding hydrogens is 310 g/mol. The van der Waals surface area contributed by atoms with E-state index in [0.717, 1.165) is 32.0 Å². The number of nitrogens with one attached hydrogen (secondary N) is 1. The lowest BCUT2D eigenvalue weighted by molar-refractivity contribution is 0.153. The van der Waals surface area contributed by atoms with Gasteiger partial charge < -0.3 is 4.57 Å². The highest BCUT2D eigenvalue weighted by atomic mass is 32.2. The van der Waals surface area contributed by atoms with E-state index < -0.39 is 10.0 Å². The molecule has 1 aliphatic heterocycles. The number of rotatable bonds is 7. The second kappa shape index (κ2) is 7.36. The van der Waals surface area contributed by atoms with Gasteiger partial charge in [-0.2, -0.15) is 0 Å². The molecule has 2 aliphatic rings. The average Bonchev–Trinajstić information content (AvgIpc) is 2.82. The standard InChI is InChI=1S/C17H29N3O2S/c1-2-23(21,22)18-9-8-16-12-19(11-15-5-3-6-15)14-17-7-4-10-20(17)13-16/h4,7,10,15-16,18H,2-3,5-6,8-9,11-14H2,1H3/t16-/m0/s1. The minimum Gasteiger partial charge on any atom is -0.350 e. The van der Waals surface area contributed by atoms with E-state index in [-0.39, 0.29) is 5.75 Å². The SMILES string of the molecule is CCS(=O)(=O)NCC[C@H]1CN(CC2CCC2)Cc2cccn2C1. The Balaban J connectivity index is 1.59. The Morgan fingerprint density at radius 2 is 2.09 bits per heavy atom. The summed E-state index contributed by atoms with van der Waals surface area (Å²) in [7, 11) is -3.08. The molecule has 6 heteroatoms. The fourth-order valence-corrected chi connectivity index (χ4v) is 4.28. The van der Waals surface area contributed by atoms with Gasteiger partial charge in [-0.05, 0) is 50.2 Å². The third kappa shape index (κ3) is 4.58. The predicted molar refractivity (Wildman–Crippen MR) is 92.6 cm³/mol. The molecule has 1 N–H and O–H groups in total. The van der Waals surface area contributed by atoms with Crippen molar-refractivity contribution in [3.63, 3.8) is 0 Å². The lowest BCUT2D eigenvalue weighted by Gasteiger charge is -2.32. The first kappa shape index (κ1) is 17.0. The molecule has 1 saturated carbocycles. The van der Waals surface area contributed by atoms with Crippen LogP contribution < -0.4 is 4.72 Å². The third-order valence-electron chi connectivity index (χ3n) is 5.28. The van der Waals surface area contributed by atoms with Crippen molar-refractivity contribution in [2.24, 2.45) is 11.8 Å². The summed E-state index contributed by atoms with van der Waals surface area (Å²) in [4.78, 5) is 2.58. The smallest absolute Gasteiger partial charge is 0.211 e. The largest absolute Gasteiger partial charge is 0.350 e. The summed E-state index contributed by atoms with van der Waals surface area (Å²) >= 11 is 0. The zero-order valence-electron chi connectivity index (χ0n) is 14.1. The van der Waals surface area contributed by atoms with Crippen LogP contribution >= 0.6 is 0 Å². The summed E-state index contributed by atoms with van der Waals surface area (Å²) in [6.45, 7) is 6.53. The first-order valence-corrected chi connectivity index (χ1v) is 10.5. The van der Waals surface area contributed by atoms with Gasteiger partial charge in [0.2, 0.25) is 10.0 Å². The number of nitrogens with zero attached hydrogens (tertiary/aromatic N) is 2. The van der Waals surface area contributed by atoms with Crippen molar-refractivity contribution in [2.75, 3.05) is 25.4 Å². The lowest BCUT2D eigenvalue weighted by Crippen LogP contribution is -2.36. The molecule has 1 aliphatic carbocycles. The zero-order chi connectivity index (χ0) is 16.3. The third-order valence-corrected chi connectivity index (χ3v) is 6.68. The molecule has 0 radical (unpaired) electrons. The molecule has 23 heavy (non-hydrogen) atoms. The molecule has 5 nitrogen and oxygen atoms in total. The van der Waals surface area contributed by atoms with Crippen LogP contribution in [0.3, 0.4) is 0 Å². The highest BCUT2D eigenvalue weighted by Crippen LogP contribution is 2.29. The van der Waals surface area contributed by atoms with Gasteiger partial charge >= 0.3 is 0 Å². The Morgan fingerprint density at radius 3 is 2.78 bits per heavy atom. The number of aromatic nitrogens is 1. The van der Waals surface area contributed by atoms with Crippen molar-refractivity contribution >= 4 is 10.0 Å². The van der Waals surface area contributed by atoms with Crippen molar-refractivity contribution in [3.05, 3.63) is 24.0 Å². The molecule has 0 aromatic carbocycles. The van der Waals surface area contributed by atoms with Crippen LogP contribution in [-0.2, 0) is 23.1 Å². The summed E-state index contributed by atoms with van der Waals surface area (Å²) in [6.07, 6.45) is 7.19. The first-order chi connectivity index (χ1) is 11.1. The fraction of sp³-hybridized carbons (Fsp3) is 0.765. The van der Waals surface area contributed by atoms with Crippen molar-refractivity contribution < 1.29 is 8.42 Å². The summed E-state index contributed by atoms with van der Waals surface area (Å²) in [5, 5.41) is 0. The molecule has 0 amide bonds. The summed E-state index contributed by atoms with van der Waals surface area (Å²) < 4.78 is 28.3. The fourth-order valence-electron chi connectivity index (χ4n) is 3.65. The van der Waals surface area contributed by atoms with Gasteiger partial charge in [0.15, 0.2) is 0 Å². The monoisotopic (exact) mass is 339 g/mol. The van der Waals surface area contributed by atoms with Crippen molar-refractivity contribution in [1.29, 1.82) is 0 Å². The molecule has 1 aromatic rings.